The highest BCUT2D eigenvalue weighted by Crippen LogP contribution is 2.27. The van der Waals surface area contributed by atoms with Crippen LogP contribution in [0.3, 0.4) is 0 Å². The van der Waals surface area contributed by atoms with Crippen molar-refractivity contribution in [3.05, 3.63) is 23.8 Å². The Labute approximate surface area is 94.1 Å². The Bertz CT molecular complexity index is 373. The monoisotopic (exact) mass is 224 g/mol. The van der Waals surface area contributed by atoms with Crippen molar-refractivity contribution in [1.29, 1.82) is 0 Å². The quantitative estimate of drug-likeness (QED) is 0.698. The molecule has 0 saturated carbocycles. The maximum Gasteiger partial charge on any atom is 0.261 e. The SMILES string of the molecule is CC(CN)N(C)C(=O)c1c(O)cccc1O. The van der Waals surface area contributed by atoms with Gasteiger partial charge >= 0.3 is 0 Å². The lowest BCUT2D eigenvalue weighted by Gasteiger charge is -2.24. The van der Waals surface area contributed by atoms with Crippen LogP contribution in [0.1, 0.15) is 17.3 Å². The second-order valence-corrected chi connectivity index (χ2v) is 3.67. The van der Waals surface area contributed by atoms with Gasteiger partial charge in [-0.3, -0.25) is 4.79 Å². The van der Waals surface area contributed by atoms with Gasteiger partial charge in [-0.05, 0) is 19.1 Å². The second kappa shape index (κ2) is 4.85. The number of nitrogens with zero attached hydrogens (tertiary/aromatic N) is 1. The summed E-state index contributed by atoms with van der Waals surface area (Å²) in [5.41, 5.74) is 5.35. The van der Waals surface area contributed by atoms with Crippen LogP contribution < -0.4 is 5.73 Å². The van der Waals surface area contributed by atoms with E-state index in [1.54, 1.807) is 14.0 Å². The molecule has 0 aromatic heterocycles. The number of carbonyl (C=O) groups excluding carboxylic acids is 1. The Morgan fingerprint density at radius 1 is 1.44 bits per heavy atom. The Balaban J connectivity index is 3.05. The fourth-order valence-corrected chi connectivity index (χ4v) is 1.28. The van der Waals surface area contributed by atoms with Gasteiger partial charge in [0.2, 0.25) is 0 Å². The molecular formula is C11H16N2O3. The Kier molecular flexibility index (Phi) is 3.73. The minimum absolute atomic E-state index is 0.0923. The number of hydrogen-bond acceptors (Lipinski definition) is 4. The van der Waals surface area contributed by atoms with Crippen LogP contribution in [0, 0.1) is 0 Å². The summed E-state index contributed by atoms with van der Waals surface area (Å²) < 4.78 is 0. The standard InChI is InChI=1S/C11H16N2O3/c1-7(6-12)13(2)11(16)10-8(14)4-3-5-9(10)15/h3-5,7,14-15H,6,12H2,1-2H3. The average molecular weight is 224 g/mol. The van der Waals surface area contributed by atoms with E-state index in [0.717, 1.165) is 0 Å². The van der Waals surface area contributed by atoms with Gasteiger partial charge in [-0.1, -0.05) is 6.07 Å². The molecule has 1 aromatic rings. The van der Waals surface area contributed by atoms with Gasteiger partial charge in [-0.25, -0.2) is 0 Å². The predicted molar refractivity (Wildman–Crippen MR) is 60.4 cm³/mol. The first kappa shape index (κ1) is 12.3. The zero-order valence-corrected chi connectivity index (χ0v) is 9.34. The second-order valence-electron chi connectivity index (χ2n) is 3.67. The number of carbonyl (C=O) groups is 1. The molecule has 0 bridgehead atoms. The number of hydrogen-bond donors (Lipinski definition) is 3. The highest BCUT2D eigenvalue weighted by atomic mass is 16.3. The molecule has 0 aliphatic rings. The topological polar surface area (TPSA) is 86.8 Å². The molecule has 0 saturated heterocycles. The summed E-state index contributed by atoms with van der Waals surface area (Å²) in [5, 5.41) is 19.1. The normalized spacial score (nSPS) is 12.2. The van der Waals surface area contributed by atoms with E-state index < -0.39 is 5.91 Å². The highest BCUT2D eigenvalue weighted by molar-refractivity contribution is 5.99. The zero-order valence-electron chi connectivity index (χ0n) is 9.34. The number of likely N-dealkylation sites (N-methyl/N-ethyl adjacent to an activating group) is 1. The van der Waals surface area contributed by atoms with Crippen LogP contribution in [0.25, 0.3) is 0 Å². The smallest absolute Gasteiger partial charge is 0.261 e. The van der Waals surface area contributed by atoms with Crippen LogP contribution in [-0.2, 0) is 0 Å². The molecular weight excluding hydrogens is 208 g/mol. The van der Waals surface area contributed by atoms with E-state index in [1.165, 1.54) is 23.1 Å². The summed E-state index contributed by atoms with van der Waals surface area (Å²) in [6.45, 7) is 2.10. The molecule has 0 fully saturated rings. The number of nitrogens with two attached hydrogens (primary N) is 1. The molecule has 1 amide bonds. The summed E-state index contributed by atoms with van der Waals surface area (Å²) in [7, 11) is 1.58. The van der Waals surface area contributed by atoms with Crippen molar-refractivity contribution in [3.8, 4) is 11.5 Å². The number of amides is 1. The van der Waals surface area contributed by atoms with Crippen molar-refractivity contribution in [2.45, 2.75) is 13.0 Å². The summed E-state index contributed by atoms with van der Waals surface area (Å²) in [4.78, 5) is 13.3. The predicted octanol–water partition coefficient (Wildman–Crippen LogP) is 0.517. The fourth-order valence-electron chi connectivity index (χ4n) is 1.28. The lowest BCUT2D eigenvalue weighted by Crippen LogP contribution is -2.39. The van der Waals surface area contributed by atoms with Crippen LogP contribution in [0.5, 0.6) is 11.5 Å². The lowest BCUT2D eigenvalue weighted by atomic mass is 10.1. The summed E-state index contributed by atoms with van der Waals surface area (Å²) in [6, 6.07) is 4.02. The number of benzene rings is 1. The molecule has 5 nitrogen and oxygen atoms in total. The van der Waals surface area contributed by atoms with Crippen LogP contribution >= 0.6 is 0 Å². The van der Waals surface area contributed by atoms with Crippen LogP contribution in [0.15, 0.2) is 18.2 Å². The molecule has 0 heterocycles. The van der Waals surface area contributed by atoms with Gasteiger partial charge < -0.3 is 20.8 Å². The van der Waals surface area contributed by atoms with Gasteiger partial charge in [0.25, 0.3) is 5.91 Å². The molecule has 88 valence electrons. The molecule has 5 heteroatoms. The zero-order chi connectivity index (χ0) is 12.3. The molecule has 0 aliphatic carbocycles. The van der Waals surface area contributed by atoms with E-state index >= 15 is 0 Å². The Morgan fingerprint density at radius 2 is 1.94 bits per heavy atom. The number of aromatic hydroxyl groups is 2. The first-order chi connectivity index (χ1) is 7.49. The van der Waals surface area contributed by atoms with Crippen molar-refractivity contribution in [3.63, 3.8) is 0 Å². The van der Waals surface area contributed by atoms with Gasteiger partial charge in [0.05, 0.1) is 0 Å². The summed E-state index contributed by atoms with van der Waals surface area (Å²) >= 11 is 0. The number of rotatable bonds is 3. The largest absolute Gasteiger partial charge is 0.507 e. The molecule has 1 unspecified atom stereocenters. The van der Waals surface area contributed by atoms with Crippen LogP contribution in [0.4, 0.5) is 0 Å². The van der Waals surface area contributed by atoms with Crippen molar-refractivity contribution >= 4 is 5.91 Å². The number of phenolic OH excluding ortho intramolecular Hbond substituents is 2. The minimum atomic E-state index is -0.450. The molecule has 0 spiro atoms. The molecule has 1 aromatic carbocycles. The molecule has 4 N–H and O–H groups in total. The highest BCUT2D eigenvalue weighted by Gasteiger charge is 2.22. The first-order valence-corrected chi connectivity index (χ1v) is 4.97. The minimum Gasteiger partial charge on any atom is -0.507 e. The average Bonchev–Trinajstić information content (AvgIpc) is 2.26. The maximum absolute atomic E-state index is 11.9. The molecule has 0 aliphatic heterocycles. The van der Waals surface area contributed by atoms with E-state index in [2.05, 4.69) is 0 Å². The van der Waals surface area contributed by atoms with Gasteiger partial charge in [0.1, 0.15) is 17.1 Å². The van der Waals surface area contributed by atoms with E-state index in [4.69, 9.17) is 5.73 Å². The first-order valence-electron chi connectivity index (χ1n) is 4.97. The van der Waals surface area contributed by atoms with E-state index in [-0.39, 0.29) is 23.1 Å². The molecule has 16 heavy (non-hydrogen) atoms. The van der Waals surface area contributed by atoms with E-state index in [1.807, 2.05) is 0 Å². The lowest BCUT2D eigenvalue weighted by molar-refractivity contribution is 0.0742. The van der Waals surface area contributed by atoms with E-state index in [0.29, 0.717) is 6.54 Å². The molecule has 1 atom stereocenters. The summed E-state index contributed by atoms with van der Waals surface area (Å²) in [5.74, 6) is -0.921. The fraction of sp³-hybridized carbons (Fsp3) is 0.364. The van der Waals surface area contributed by atoms with Gasteiger partial charge in [0.15, 0.2) is 0 Å². The van der Waals surface area contributed by atoms with Gasteiger partial charge in [0, 0.05) is 19.6 Å². The molecule has 1 rings (SSSR count). The van der Waals surface area contributed by atoms with Crippen LogP contribution in [0.2, 0.25) is 0 Å². The summed E-state index contributed by atoms with van der Waals surface area (Å²) in [6.07, 6.45) is 0. The number of phenols is 2. The Hall–Kier alpha value is -1.75. The third kappa shape index (κ3) is 2.25. The third-order valence-corrected chi connectivity index (χ3v) is 2.56. The molecule has 0 radical (unpaired) electrons. The maximum atomic E-state index is 11.9. The van der Waals surface area contributed by atoms with Gasteiger partial charge in [-0.2, -0.15) is 0 Å². The Morgan fingerprint density at radius 3 is 2.38 bits per heavy atom. The van der Waals surface area contributed by atoms with Crippen molar-refractivity contribution in [2.75, 3.05) is 13.6 Å². The van der Waals surface area contributed by atoms with Crippen molar-refractivity contribution in [1.82, 2.24) is 4.90 Å². The van der Waals surface area contributed by atoms with Crippen LogP contribution in [-0.4, -0.2) is 40.7 Å². The van der Waals surface area contributed by atoms with Crippen molar-refractivity contribution < 1.29 is 15.0 Å². The van der Waals surface area contributed by atoms with Gasteiger partial charge in [-0.15, -0.1) is 0 Å². The van der Waals surface area contributed by atoms with Crippen molar-refractivity contribution in [2.24, 2.45) is 5.73 Å². The van der Waals surface area contributed by atoms with E-state index in [9.17, 15) is 15.0 Å². The third-order valence-electron chi connectivity index (χ3n) is 2.56.